The second-order valence-corrected chi connectivity index (χ2v) is 1.93. The van der Waals surface area contributed by atoms with Crippen LogP contribution in [0.15, 0.2) is 30.8 Å². The van der Waals surface area contributed by atoms with E-state index in [9.17, 15) is 10.1 Å². The maximum atomic E-state index is 10.3. The summed E-state index contributed by atoms with van der Waals surface area (Å²) in [5.74, 6) is 0. The van der Waals surface area contributed by atoms with Gasteiger partial charge in [0.2, 0.25) is 0 Å². The number of non-ortho nitro benzene ring substituents is 1. The van der Waals surface area contributed by atoms with Crippen LogP contribution in [0.4, 0.5) is 5.69 Å². The average molecular weight is 152 g/mol. The molecular weight excluding hydrogens is 142 g/mol. The minimum absolute atomic E-state index is 0.0712. The Bertz CT molecular complexity index is 382. The Morgan fingerprint density at radius 2 is 2.27 bits per heavy atom. The quantitative estimate of drug-likeness (QED) is 0.481. The van der Waals surface area contributed by atoms with Gasteiger partial charge in [0.05, 0.1) is 9.04 Å². The molecule has 11 heavy (non-hydrogen) atoms. The van der Waals surface area contributed by atoms with Crippen molar-refractivity contribution in [1.29, 1.82) is 0 Å². The Morgan fingerprint density at radius 3 is 2.73 bits per heavy atom. The van der Waals surface area contributed by atoms with E-state index in [-0.39, 0.29) is 11.7 Å². The van der Waals surface area contributed by atoms with Crippen LogP contribution in [-0.4, -0.2) is 4.92 Å². The Hall–Kier alpha value is -1.64. The predicted molar refractivity (Wildman–Crippen MR) is 43.2 cm³/mol. The van der Waals surface area contributed by atoms with Crippen molar-refractivity contribution < 1.29 is 9.04 Å². The maximum absolute atomic E-state index is 10.3. The molecule has 0 atom stereocenters. The summed E-state index contributed by atoms with van der Waals surface area (Å²) in [6.07, 6.45) is 0. The van der Waals surface area contributed by atoms with Crippen molar-refractivity contribution in [2.45, 2.75) is 0 Å². The first kappa shape index (κ1) is 4.28. The summed E-state index contributed by atoms with van der Waals surface area (Å²) in [6, 6.07) is 4.94. The molecule has 0 spiro atoms. The largest absolute Gasteiger partial charge is 0.269 e. The average Bonchev–Trinajstić information content (AvgIpc) is 2.16. The molecule has 1 aromatic carbocycles. The lowest BCUT2D eigenvalue weighted by Crippen LogP contribution is -1.86. The van der Waals surface area contributed by atoms with Crippen LogP contribution in [0.25, 0.3) is 6.05 Å². The lowest BCUT2D eigenvalue weighted by atomic mass is 10.2. The summed E-state index contributed by atoms with van der Waals surface area (Å²) >= 11 is 0. The van der Waals surface area contributed by atoms with Crippen LogP contribution in [0.1, 0.15) is 9.68 Å². The standard InChI is InChI=1S/C8H7NO2/c1-2-7-3-5-8(6-4-7)9(10)11/h2-6H,1H2/i1D2,2D. The smallest absolute Gasteiger partial charge is 0.258 e. The summed E-state index contributed by atoms with van der Waals surface area (Å²) in [7, 11) is 0. The molecule has 0 fully saturated rings. The number of nitro benzene ring substituents is 1. The van der Waals surface area contributed by atoms with E-state index in [1.165, 1.54) is 24.3 Å². The molecule has 3 nitrogen and oxygen atoms in total. The van der Waals surface area contributed by atoms with E-state index in [2.05, 4.69) is 0 Å². The fourth-order valence-electron chi connectivity index (χ4n) is 0.666. The van der Waals surface area contributed by atoms with Crippen LogP contribution in [-0.2, 0) is 0 Å². The number of hydrogen-bond acceptors (Lipinski definition) is 2. The van der Waals surface area contributed by atoms with Crippen molar-refractivity contribution >= 4 is 11.7 Å². The summed E-state index contributed by atoms with van der Waals surface area (Å²) in [5, 5.41) is 10.3. The van der Waals surface area contributed by atoms with Crippen LogP contribution in [0.3, 0.4) is 0 Å². The highest BCUT2D eigenvalue weighted by atomic mass is 16.6. The molecule has 0 bridgehead atoms. The zero-order valence-electron chi connectivity index (χ0n) is 8.57. The molecule has 56 valence electrons. The van der Waals surface area contributed by atoms with E-state index in [1.54, 1.807) is 0 Å². The van der Waals surface area contributed by atoms with E-state index < -0.39 is 11.5 Å². The first-order valence-corrected chi connectivity index (χ1v) is 2.91. The molecule has 3 heteroatoms. The van der Waals surface area contributed by atoms with E-state index >= 15 is 0 Å². The zero-order chi connectivity index (χ0) is 10.7. The summed E-state index contributed by atoms with van der Waals surface area (Å²) < 4.78 is 21.0. The van der Waals surface area contributed by atoms with Crippen LogP contribution in [0.5, 0.6) is 0 Å². The number of benzene rings is 1. The van der Waals surface area contributed by atoms with Crippen molar-refractivity contribution in [3.05, 3.63) is 46.5 Å². The molecule has 0 radical (unpaired) electrons. The van der Waals surface area contributed by atoms with Crippen LogP contribution >= 0.6 is 0 Å². The van der Waals surface area contributed by atoms with Crippen LogP contribution < -0.4 is 0 Å². The highest BCUT2D eigenvalue weighted by Crippen LogP contribution is 2.11. The van der Waals surface area contributed by atoms with E-state index in [4.69, 9.17) is 4.11 Å². The third-order valence-electron chi connectivity index (χ3n) is 1.22. The fraction of sp³-hybridized carbons (Fsp3) is 0. The minimum atomic E-state index is -0.612. The van der Waals surface area contributed by atoms with Gasteiger partial charge in [-0.05, 0) is 17.7 Å². The van der Waals surface area contributed by atoms with Crippen molar-refractivity contribution in [3.8, 4) is 0 Å². The molecule has 0 heterocycles. The van der Waals surface area contributed by atoms with Crippen molar-refractivity contribution in [1.82, 2.24) is 0 Å². The van der Waals surface area contributed by atoms with E-state index in [1.807, 2.05) is 0 Å². The molecule has 0 N–H and O–H groups in total. The minimum Gasteiger partial charge on any atom is -0.258 e. The van der Waals surface area contributed by atoms with Gasteiger partial charge in [-0.2, -0.15) is 0 Å². The highest BCUT2D eigenvalue weighted by molar-refractivity contribution is 5.49. The topological polar surface area (TPSA) is 43.1 Å². The van der Waals surface area contributed by atoms with Gasteiger partial charge in [0.15, 0.2) is 0 Å². The van der Waals surface area contributed by atoms with Gasteiger partial charge < -0.3 is 0 Å². The third kappa shape index (κ3) is 1.64. The van der Waals surface area contributed by atoms with E-state index in [0.717, 1.165) is 0 Å². The lowest BCUT2D eigenvalue weighted by molar-refractivity contribution is -0.384. The molecule has 0 aliphatic heterocycles. The van der Waals surface area contributed by atoms with Gasteiger partial charge in [-0.1, -0.05) is 12.6 Å². The second-order valence-electron chi connectivity index (χ2n) is 1.93. The van der Waals surface area contributed by atoms with Gasteiger partial charge in [0, 0.05) is 12.1 Å². The molecule has 0 aliphatic rings. The molecule has 1 rings (SSSR count). The van der Waals surface area contributed by atoms with Crippen molar-refractivity contribution in [2.24, 2.45) is 0 Å². The van der Waals surface area contributed by atoms with Gasteiger partial charge in [0.25, 0.3) is 5.69 Å². The van der Waals surface area contributed by atoms with Gasteiger partial charge in [-0.15, -0.1) is 0 Å². The molecular formula is C8H7NO2. The molecule has 0 aromatic heterocycles. The number of nitrogens with zero attached hydrogens (tertiary/aromatic N) is 1. The second kappa shape index (κ2) is 2.96. The SMILES string of the molecule is [2H]C([2H])=C([2H])c1ccc([N+](=O)[O-])cc1. The van der Waals surface area contributed by atoms with Crippen molar-refractivity contribution in [2.75, 3.05) is 0 Å². The Morgan fingerprint density at radius 1 is 1.64 bits per heavy atom. The monoisotopic (exact) mass is 152 g/mol. The molecule has 0 amide bonds. The molecule has 0 aliphatic carbocycles. The number of rotatable bonds is 2. The molecule has 0 saturated heterocycles. The number of hydrogen-bond donors (Lipinski definition) is 0. The first-order valence-electron chi connectivity index (χ1n) is 4.41. The van der Waals surface area contributed by atoms with Crippen LogP contribution in [0, 0.1) is 10.1 Å². The van der Waals surface area contributed by atoms with Crippen molar-refractivity contribution in [3.63, 3.8) is 0 Å². The van der Waals surface area contributed by atoms with E-state index in [0.29, 0.717) is 5.56 Å². The Labute approximate surface area is 68.3 Å². The lowest BCUT2D eigenvalue weighted by Gasteiger charge is -1.91. The third-order valence-corrected chi connectivity index (χ3v) is 1.22. The maximum Gasteiger partial charge on any atom is 0.269 e. The fourth-order valence-corrected chi connectivity index (χ4v) is 0.666. The van der Waals surface area contributed by atoms with Crippen LogP contribution in [0.2, 0.25) is 0 Å². The molecule has 1 aromatic rings. The summed E-state index contributed by atoms with van der Waals surface area (Å²) in [5.41, 5.74) is 0.258. The first-order chi connectivity index (χ1) is 6.52. The van der Waals surface area contributed by atoms with Gasteiger partial charge in [-0.25, -0.2) is 0 Å². The summed E-state index contributed by atoms with van der Waals surface area (Å²) in [4.78, 5) is 9.75. The normalized spacial score (nSPS) is 12.5. The zero-order valence-corrected chi connectivity index (χ0v) is 5.57. The Balaban J connectivity index is 3.06. The number of nitro groups is 1. The van der Waals surface area contributed by atoms with Gasteiger partial charge >= 0.3 is 0 Å². The summed E-state index contributed by atoms with van der Waals surface area (Å²) in [6.45, 7) is -0.612. The van der Waals surface area contributed by atoms with Gasteiger partial charge in [0.1, 0.15) is 0 Å². The van der Waals surface area contributed by atoms with Gasteiger partial charge in [-0.3, -0.25) is 10.1 Å². The molecule has 0 saturated carbocycles. The molecule has 0 unspecified atom stereocenters. The predicted octanol–water partition coefficient (Wildman–Crippen LogP) is 2.24. The highest BCUT2D eigenvalue weighted by Gasteiger charge is 2.01. The Kier molecular flexibility index (Phi) is 1.15.